The number of aryl methyl sites for hydroxylation is 1. The lowest BCUT2D eigenvalue weighted by Crippen LogP contribution is -2.26. The monoisotopic (exact) mass is 222 g/mol. The molecule has 3 nitrogen and oxygen atoms in total. The fourth-order valence-corrected chi connectivity index (χ4v) is 1.66. The molecule has 1 aromatic rings. The van der Waals surface area contributed by atoms with E-state index in [1.807, 2.05) is 25.1 Å². The van der Waals surface area contributed by atoms with Gasteiger partial charge in [0.1, 0.15) is 0 Å². The first-order valence-corrected chi connectivity index (χ1v) is 5.78. The normalized spacial score (nSPS) is 12.8. The lowest BCUT2D eigenvalue weighted by Gasteiger charge is -2.23. The van der Waals surface area contributed by atoms with Crippen LogP contribution < -0.4 is 11.1 Å². The van der Waals surface area contributed by atoms with Gasteiger partial charge < -0.3 is 16.2 Å². The summed E-state index contributed by atoms with van der Waals surface area (Å²) in [6.45, 7) is 6.49. The van der Waals surface area contributed by atoms with E-state index in [1.165, 1.54) is 0 Å². The minimum absolute atomic E-state index is 0.206. The van der Waals surface area contributed by atoms with Gasteiger partial charge in [0.25, 0.3) is 0 Å². The standard InChI is InChI=1S/C13H22N2O/c1-9(2)13(6-7-16)15-11-5-4-10(3)12(14)8-11/h4-5,8-9,13,15-16H,6-7,14H2,1-3H3. The molecule has 1 rings (SSSR count). The highest BCUT2D eigenvalue weighted by atomic mass is 16.3. The second-order valence-electron chi connectivity index (χ2n) is 4.58. The fourth-order valence-electron chi connectivity index (χ4n) is 1.66. The molecule has 0 spiro atoms. The predicted molar refractivity (Wildman–Crippen MR) is 69.5 cm³/mol. The molecular formula is C13H22N2O. The van der Waals surface area contributed by atoms with Crippen LogP contribution >= 0.6 is 0 Å². The molecule has 0 bridgehead atoms. The summed E-state index contributed by atoms with van der Waals surface area (Å²) in [5.41, 5.74) is 8.77. The van der Waals surface area contributed by atoms with Crippen molar-refractivity contribution >= 4 is 11.4 Å². The minimum atomic E-state index is 0.206. The van der Waals surface area contributed by atoms with Crippen LogP contribution in [0.2, 0.25) is 0 Å². The summed E-state index contributed by atoms with van der Waals surface area (Å²) >= 11 is 0. The highest BCUT2D eigenvalue weighted by Gasteiger charge is 2.12. The third-order valence-corrected chi connectivity index (χ3v) is 2.88. The first-order valence-electron chi connectivity index (χ1n) is 5.78. The highest BCUT2D eigenvalue weighted by molar-refractivity contribution is 5.58. The van der Waals surface area contributed by atoms with Crippen LogP contribution in [0.3, 0.4) is 0 Å². The van der Waals surface area contributed by atoms with E-state index < -0.39 is 0 Å². The van der Waals surface area contributed by atoms with Crippen LogP contribution in [-0.4, -0.2) is 17.8 Å². The van der Waals surface area contributed by atoms with Gasteiger partial charge in [-0.2, -0.15) is 0 Å². The SMILES string of the molecule is Cc1ccc(NC(CCO)C(C)C)cc1N. The van der Waals surface area contributed by atoms with Crippen LogP contribution in [0.1, 0.15) is 25.8 Å². The summed E-state index contributed by atoms with van der Waals surface area (Å²) in [7, 11) is 0. The summed E-state index contributed by atoms with van der Waals surface area (Å²) in [6.07, 6.45) is 0.755. The zero-order chi connectivity index (χ0) is 12.1. The van der Waals surface area contributed by atoms with E-state index in [-0.39, 0.29) is 12.6 Å². The predicted octanol–water partition coefficient (Wildman–Crippen LogP) is 2.40. The molecule has 0 aromatic heterocycles. The van der Waals surface area contributed by atoms with Crippen molar-refractivity contribution in [1.29, 1.82) is 0 Å². The van der Waals surface area contributed by atoms with Crippen molar-refractivity contribution in [2.24, 2.45) is 5.92 Å². The Labute approximate surface area is 97.7 Å². The van der Waals surface area contributed by atoms with E-state index in [1.54, 1.807) is 0 Å². The number of aliphatic hydroxyl groups excluding tert-OH is 1. The third-order valence-electron chi connectivity index (χ3n) is 2.88. The number of hydrogen-bond donors (Lipinski definition) is 3. The van der Waals surface area contributed by atoms with Gasteiger partial charge >= 0.3 is 0 Å². The molecular weight excluding hydrogens is 200 g/mol. The first kappa shape index (κ1) is 12.8. The van der Waals surface area contributed by atoms with Crippen LogP contribution in [0.5, 0.6) is 0 Å². The Kier molecular flexibility index (Phi) is 4.62. The molecule has 0 heterocycles. The second-order valence-corrected chi connectivity index (χ2v) is 4.58. The Hall–Kier alpha value is -1.22. The molecule has 90 valence electrons. The summed E-state index contributed by atoms with van der Waals surface area (Å²) < 4.78 is 0. The van der Waals surface area contributed by atoms with Crippen molar-refractivity contribution in [3.05, 3.63) is 23.8 Å². The molecule has 3 heteroatoms. The molecule has 0 saturated carbocycles. The van der Waals surface area contributed by atoms with Crippen LogP contribution in [-0.2, 0) is 0 Å². The van der Waals surface area contributed by atoms with Gasteiger partial charge in [0.2, 0.25) is 0 Å². The topological polar surface area (TPSA) is 58.3 Å². The Morgan fingerprint density at radius 1 is 1.38 bits per heavy atom. The van der Waals surface area contributed by atoms with E-state index >= 15 is 0 Å². The van der Waals surface area contributed by atoms with Gasteiger partial charge in [-0.05, 0) is 37.0 Å². The minimum Gasteiger partial charge on any atom is -0.398 e. The summed E-state index contributed by atoms with van der Waals surface area (Å²) in [4.78, 5) is 0. The summed E-state index contributed by atoms with van der Waals surface area (Å²) in [5, 5.41) is 12.4. The summed E-state index contributed by atoms with van der Waals surface area (Å²) in [6, 6.07) is 6.27. The van der Waals surface area contributed by atoms with Crippen LogP contribution in [0.25, 0.3) is 0 Å². The lowest BCUT2D eigenvalue weighted by atomic mass is 10.0. The maximum atomic E-state index is 9.00. The lowest BCUT2D eigenvalue weighted by molar-refractivity contribution is 0.267. The highest BCUT2D eigenvalue weighted by Crippen LogP contribution is 2.20. The molecule has 0 aliphatic heterocycles. The number of anilines is 2. The van der Waals surface area contributed by atoms with Crippen molar-refractivity contribution in [3.8, 4) is 0 Å². The Morgan fingerprint density at radius 3 is 2.56 bits per heavy atom. The van der Waals surface area contributed by atoms with Crippen molar-refractivity contribution < 1.29 is 5.11 Å². The van der Waals surface area contributed by atoms with Gasteiger partial charge in [-0.3, -0.25) is 0 Å². The maximum Gasteiger partial charge on any atom is 0.0450 e. The molecule has 0 aliphatic rings. The largest absolute Gasteiger partial charge is 0.398 e. The molecule has 1 aromatic carbocycles. The summed E-state index contributed by atoms with van der Waals surface area (Å²) in [5.74, 6) is 0.481. The zero-order valence-electron chi connectivity index (χ0n) is 10.3. The molecule has 1 unspecified atom stereocenters. The Bertz CT molecular complexity index is 337. The van der Waals surface area contributed by atoms with Crippen LogP contribution in [0.15, 0.2) is 18.2 Å². The number of nitrogens with one attached hydrogen (secondary N) is 1. The van der Waals surface area contributed by atoms with Gasteiger partial charge in [-0.25, -0.2) is 0 Å². The van der Waals surface area contributed by atoms with E-state index in [9.17, 15) is 0 Å². The quantitative estimate of drug-likeness (QED) is 0.670. The number of aliphatic hydroxyl groups is 1. The third kappa shape index (κ3) is 3.42. The van der Waals surface area contributed by atoms with E-state index in [2.05, 4.69) is 19.2 Å². The molecule has 0 saturated heterocycles. The average Bonchev–Trinajstić information content (AvgIpc) is 2.22. The first-order chi connectivity index (χ1) is 7.54. The van der Waals surface area contributed by atoms with Gasteiger partial charge in [0.05, 0.1) is 0 Å². The molecule has 0 aliphatic carbocycles. The van der Waals surface area contributed by atoms with Crippen molar-refractivity contribution in [2.45, 2.75) is 33.2 Å². The average molecular weight is 222 g/mol. The molecule has 0 amide bonds. The fraction of sp³-hybridized carbons (Fsp3) is 0.538. The van der Waals surface area contributed by atoms with Gasteiger partial charge in [-0.15, -0.1) is 0 Å². The van der Waals surface area contributed by atoms with Crippen molar-refractivity contribution in [2.75, 3.05) is 17.7 Å². The number of benzene rings is 1. The number of nitrogens with two attached hydrogens (primary N) is 1. The van der Waals surface area contributed by atoms with Gasteiger partial charge in [0.15, 0.2) is 0 Å². The van der Waals surface area contributed by atoms with Gasteiger partial charge in [-0.1, -0.05) is 19.9 Å². The smallest absolute Gasteiger partial charge is 0.0450 e. The van der Waals surface area contributed by atoms with Crippen molar-refractivity contribution in [3.63, 3.8) is 0 Å². The molecule has 4 N–H and O–H groups in total. The Morgan fingerprint density at radius 2 is 2.06 bits per heavy atom. The number of nitrogen functional groups attached to an aromatic ring is 1. The molecule has 16 heavy (non-hydrogen) atoms. The number of hydrogen-bond acceptors (Lipinski definition) is 3. The van der Waals surface area contributed by atoms with Gasteiger partial charge in [0, 0.05) is 24.0 Å². The number of rotatable bonds is 5. The maximum absolute atomic E-state index is 9.00. The van der Waals surface area contributed by atoms with E-state index in [0.717, 1.165) is 23.4 Å². The molecule has 0 radical (unpaired) electrons. The van der Waals surface area contributed by atoms with Crippen LogP contribution in [0.4, 0.5) is 11.4 Å². The Balaban J connectivity index is 2.73. The molecule has 0 fully saturated rings. The van der Waals surface area contributed by atoms with Crippen molar-refractivity contribution in [1.82, 2.24) is 0 Å². The van der Waals surface area contributed by atoms with E-state index in [0.29, 0.717) is 5.92 Å². The zero-order valence-corrected chi connectivity index (χ0v) is 10.3. The molecule has 1 atom stereocenters. The second kappa shape index (κ2) is 5.75. The van der Waals surface area contributed by atoms with Crippen LogP contribution in [0, 0.1) is 12.8 Å². The van der Waals surface area contributed by atoms with E-state index in [4.69, 9.17) is 10.8 Å².